The normalized spacial score (nSPS) is 20.6. The van der Waals surface area contributed by atoms with Gasteiger partial charge in [-0.1, -0.05) is 39.9 Å². The van der Waals surface area contributed by atoms with Crippen LogP contribution in [0.3, 0.4) is 0 Å². The molecular weight excluding hydrogens is 434 g/mol. The lowest BCUT2D eigenvalue weighted by molar-refractivity contribution is -0.161. The van der Waals surface area contributed by atoms with Gasteiger partial charge in [-0.25, -0.2) is 0 Å². The summed E-state index contributed by atoms with van der Waals surface area (Å²) in [5.41, 5.74) is -0.121. The standard InChI is InChI=1S/C22H39NO6SSi/c1-9-27-20(25)14(21(26)28-10-2)11-16(30)13(3)18-17(19(24)23-18)15(22(4,5)6)12-29-31(7)8/h13-15,17-18,31H,9-12H2,1-8H3,(H,23,24)/t13-,15+,17-,18+/m0/s1. The third-order valence-corrected chi connectivity index (χ3v) is 7.15. The van der Waals surface area contributed by atoms with Crippen molar-refractivity contribution in [1.82, 2.24) is 5.32 Å². The fraction of sp³-hybridized carbons (Fsp3) is 0.818. The van der Waals surface area contributed by atoms with Gasteiger partial charge in [0.25, 0.3) is 0 Å². The van der Waals surface area contributed by atoms with Crippen molar-refractivity contribution in [2.75, 3.05) is 19.8 Å². The molecule has 0 aromatic heterocycles. The molecule has 1 amide bonds. The molecule has 178 valence electrons. The van der Waals surface area contributed by atoms with Crippen molar-refractivity contribution in [2.24, 2.45) is 29.1 Å². The molecule has 1 heterocycles. The van der Waals surface area contributed by atoms with Gasteiger partial charge in [0.1, 0.15) is 0 Å². The Balaban J connectivity index is 2.98. The molecule has 1 fully saturated rings. The van der Waals surface area contributed by atoms with Gasteiger partial charge in [-0.2, -0.15) is 0 Å². The molecule has 1 aliphatic heterocycles. The lowest BCUT2D eigenvalue weighted by Gasteiger charge is -2.49. The molecule has 0 unspecified atom stereocenters. The van der Waals surface area contributed by atoms with E-state index in [1.807, 2.05) is 6.92 Å². The van der Waals surface area contributed by atoms with Crippen LogP contribution >= 0.6 is 12.2 Å². The predicted molar refractivity (Wildman–Crippen MR) is 126 cm³/mol. The Morgan fingerprint density at radius 2 is 1.65 bits per heavy atom. The van der Waals surface area contributed by atoms with Gasteiger partial charge in [-0.3, -0.25) is 14.4 Å². The van der Waals surface area contributed by atoms with Crippen LogP contribution in [0.25, 0.3) is 0 Å². The second-order valence-corrected chi connectivity index (χ2v) is 12.4. The van der Waals surface area contributed by atoms with Gasteiger partial charge in [-0.05, 0) is 43.1 Å². The maximum atomic E-state index is 12.6. The molecule has 7 nitrogen and oxygen atoms in total. The van der Waals surface area contributed by atoms with Crippen LogP contribution in [0.15, 0.2) is 0 Å². The summed E-state index contributed by atoms with van der Waals surface area (Å²) in [6.07, 6.45) is 0.0584. The average Bonchev–Trinajstić information content (AvgIpc) is 2.65. The van der Waals surface area contributed by atoms with Crippen LogP contribution in [-0.2, 0) is 28.3 Å². The zero-order valence-electron chi connectivity index (χ0n) is 20.2. The van der Waals surface area contributed by atoms with Gasteiger partial charge in [-0.15, -0.1) is 0 Å². The number of nitrogens with one attached hydrogen (secondary N) is 1. The number of amides is 1. The molecule has 4 atom stereocenters. The Kier molecular flexibility index (Phi) is 10.8. The highest BCUT2D eigenvalue weighted by atomic mass is 32.1. The highest BCUT2D eigenvalue weighted by Crippen LogP contribution is 2.40. The van der Waals surface area contributed by atoms with Gasteiger partial charge in [0.15, 0.2) is 15.0 Å². The first kappa shape index (κ1) is 27.7. The minimum absolute atomic E-state index is 0.000864. The summed E-state index contributed by atoms with van der Waals surface area (Å²) in [6, 6.07) is -0.160. The van der Waals surface area contributed by atoms with E-state index in [-0.39, 0.29) is 54.8 Å². The van der Waals surface area contributed by atoms with E-state index in [2.05, 4.69) is 39.2 Å². The summed E-state index contributed by atoms with van der Waals surface area (Å²) in [5.74, 6) is -2.73. The Morgan fingerprint density at radius 1 is 1.13 bits per heavy atom. The van der Waals surface area contributed by atoms with Crippen LogP contribution in [-0.4, -0.2) is 57.6 Å². The molecular formula is C22H39NO6SSi. The lowest BCUT2D eigenvalue weighted by Crippen LogP contribution is -2.66. The van der Waals surface area contributed by atoms with Crippen molar-refractivity contribution in [3.05, 3.63) is 0 Å². The summed E-state index contributed by atoms with van der Waals surface area (Å²) in [6.45, 7) is 16.8. The smallest absolute Gasteiger partial charge is 0.320 e. The van der Waals surface area contributed by atoms with E-state index in [0.717, 1.165) is 0 Å². The Labute approximate surface area is 193 Å². The van der Waals surface area contributed by atoms with E-state index in [1.54, 1.807) is 13.8 Å². The van der Waals surface area contributed by atoms with E-state index < -0.39 is 26.9 Å². The monoisotopic (exact) mass is 473 g/mol. The van der Waals surface area contributed by atoms with Crippen molar-refractivity contribution in [3.8, 4) is 0 Å². The van der Waals surface area contributed by atoms with Gasteiger partial charge in [0.2, 0.25) is 5.91 Å². The maximum absolute atomic E-state index is 12.6. The highest BCUT2D eigenvalue weighted by Gasteiger charge is 2.51. The molecule has 1 N–H and O–H groups in total. The predicted octanol–water partition coefficient (Wildman–Crippen LogP) is 2.90. The molecule has 0 radical (unpaired) electrons. The van der Waals surface area contributed by atoms with E-state index in [1.165, 1.54) is 0 Å². The second-order valence-electron chi connectivity index (χ2n) is 9.43. The molecule has 1 aliphatic rings. The van der Waals surface area contributed by atoms with E-state index in [0.29, 0.717) is 11.5 Å². The van der Waals surface area contributed by atoms with Crippen LogP contribution < -0.4 is 5.32 Å². The number of hydrogen-bond acceptors (Lipinski definition) is 7. The molecule has 0 bridgehead atoms. The molecule has 0 aromatic rings. The summed E-state index contributed by atoms with van der Waals surface area (Å²) in [5, 5.41) is 2.99. The Bertz CT molecular complexity index is 645. The SMILES string of the molecule is CCOC(=O)C(CC(=S)[C@H](C)[C@H]1NC(=O)[C@H]1[C@@H](CO[SiH](C)C)C(C)(C)C)C(=O)OCC. The number of rotatable bonds is 12. The molecule has 9 heteroatoms. The number of esters is 2. The first-order valence-corrected chi connectivity index (χ1v) is 14.3. The van der Waals surface area contributed by atoms with Crippen molar-refractivity contribution >= 4 is 44.0 Å². The summed E-state index contributed by atoms with van der Waals surface area (Å²) < 4.78 is 16.1. The maximum Gasteiger partial charge on any atom is 0.320 e. The molecule has 1 rings (SSSR count). The minimum Gasteiger partial charge on any atom is -0.465 e. The molecule has 0 saturated carbocycles. The number of carbonyl (C=O) groups excluding carboxylic acids is 3. The van der Waals surface area contributed by atoms with Crippen molar-refractivity contribution in [1.29, 1.82) is 0 Å². The summed E-state index contributed by atoms with van der Waals surface area (Å²) in [7, 11) is -1.23. The average molecular weight is 474 g/mol. The molecule has 0 aromatic carbocycles. The number of carbonyl (C=O) groups is 3. The van der Waals surface area contributed by atoms with E-state index in [4.69, 9.17) is 26.1 Å². The van der Waals surface area contributed by atoms with Crippen molar-refractivity contribution in [3.63, 3.8) is 0 Å². The summed E-state index contributed by atoms with van der Waals surface area (Å²) in [4.78, 5) is 37.7. The van der Waals surface area contributed by atoms with Crippen molar-refractivity contribution < 1.29 is 28.3 Å². The lowest BCUT2D eigenvalue weighted by atomic mass is 9.64. The first-order chi connectivity index (χ1) is 14.3. The van der Waals surface area contributed by atoms with Crippen molar-refractivity contribution in [2.45, 2.75) is 67.1 Å². The van der Waals surface area contributed by atoms with Gasteiger partial charge in [0, 0.05) is 25.0 Å². The largest absolute Gasteiger partial charge is 0.465 e. The van der Waals surface area contributed by atoms with Gasteiger partial charge < -0.3 is 19.2 Å². The minimum atomic E-state index is -1.23. The zero-order valence-corrected chi connectivity index (χ0v) is 22.1. The topological polar surface area (TPSA) is 90.9 Å². The van der Waals surface area contributed by atoms with Gasteiger partial charge >= 0.3 is 11.9 Å². The highest BCUT2D eigenvalue weighted by molar-refractivity contribution is 7.80. The first-order valence-electron chi connectivity index (χ1n) is 11.1. The van der Waals surface area contributed by atoms with Crippen LogP contribution in [0.1, 0.15) is 48.0 Å². The summed E-state index contributed by atoms with van der Waals surface area (Å²) >= 11 is 5.62. The number of ether oxygens (including phenoxy) is 2. The quantitative estimate of drug-likeness (QED) is 0.153. The van der Waals surface area contributed by atoms with Crippen LogP contribution in [0, 0.1) is 29.1 Å². The van der Waals surface area contributed by atoms with Crippen LogP contribution in [0.2, 0.25) is 13.1 Å². The van der Waals surface area contributed by atoms with E-state index >= 15 is 0 Å². The third kappa shape index (κ3) is 7.64. The van der Waals surface area contributed by atoms with Crippen LogP contribution in [0.5, 0.6) is 0 Å². The fourth-order valence-electron chi connectivity index (χ4n) is 3.81. The zero-order chi connectivity index (χ0) is 23.9. The number of β-lactam (4-membered cyclic amide) rings is 1. The fourth-order valence-corrected chi connectivity index (χ4v) is 4.72. The Morgan fingerprint density at radius 3 is 2.03 bits per heavy atom. The number of thiocarbonyl (C=S) groups is 1. The van der Waals surface area contributed by atoms with Gasteiger partial charge in [0.05, 0.1) is 19.1 Å². The van der Waals surface area contributed by atoms with Crippen LogP contribution in [0.4, 0.5) is 0 Å². The third-order valence-electron chi connectivity index (χ3n) is 5.75. The number of hydrogen-bond donors (Lipinski definition) is 1. The van der Waals surface area contributed by atoms with E-state index in [9.17, 15) is 14.4 Å². The molecule has 1 saturated heterocycles. The molecule has 31 heavy (non-hydrogen) atoms. The second kappa shape index (κ2) is 12.1. The molecule has 0 spiro atoms. The Hall–Kier alpha value is -1.32. The molecule has 0 aliphatic carbocycles.